The molecule has 1 aromatic carbocycles. The maximum atomic E-state index is 13.0. The zero-order valence-corrected chi connectivity index (χ0v) is 18.6. The number of nitrogens with one attached hydrogen (secondary N) is 1. The molecule has 0 aromatic heterocycles. The Labute approximate surface area is 185 Å². The number of amides is 3. The molecule has 0 bridgehead atoms. The third kappa shape index (κ3) is 5.28. The second kappa shape index (κ2) is 9.84. The van der Waals surface area contributed by atoms with Gasteiger partial charge in [0.15, 0.2) is 0 Å². The van der Waals surface area contributed by atoms with Gasteiger partial charge >= 0.3 is 0 Å². The summed E-state index contributed by atoms with van der Waals surface area (Å²) in [5.74, 6) is 0.487. The molecule has 3 fully saturated rings. The number of likely N-dealkylation sites (tertiary alicyclic amines) is 2. The maximum absolute atomic E-state index is 13.0. The highest BCUT2D eigenvalue weighted by molar-refractivity contribution is 5.84. The van der Waals surface area contributed by atoms with Crippen molar-refractivity contribution in [1.82, 2.24) is 15.1 Å². The molecule has 1 saturated carbocycles. The molecular weight excluding hydrogens is 390 g/mol. The number of rotatable bonds is 8. The Morgan fingerprint density at radius 3 is 2.45 bits per heavy atom. The van der Waals surface area contributed by atoms with Crippen molar-refractivity contribution in [2.24, 2.45) is 11.8 Å². The predicted octanol–water partition coefficient (Wildman–Crippen LogP) is 3.07. The van der Waals surface area contributed by atoms with E-state index < -0.39 is 0 Å². The van der Waals surface area contributed by atoms with E-state index in [4.69, 9.17) is 0 Å². The lowest BCUT2D eigenvalue weighted by molar-refractivity contribution is -0.140. The molecule has 1 aromatic rings. The minimum absolute atomic E-state index is 0.0427. The predicted molar refractivity (Wildman–Crippen MR) is 119 cm³/mol. The second-order valence-electron chi connectivity index (χ2n) is 9.28. The first-order valence-electron chi connectivity index (χ1n) is 12.0. The maximum Gasteiger partial charge on any atom is 0.226 e. The summed E-state index contributed by atoms with van der Waals surface area (Å²) in [6.07, 6.45) is 6.95. The standard InChI is InChI=1S/C25H35N3O3/c1-2-18-6-8-19(9-7-18)22-13-12-21(17-28(22)25(31)20-10-11-20)24(30)26-14-4-16-27-15-3-5-23(27)29/h6-9,20-22H,2-5,10-17H2,1H3,(H,26,30). The van der Waals surface area contributed by atoms with Crippen molar-refractivity contribution in [2.75, 3.05) is 26.2 Å². The van der Waals surface area contributed by atoms with Gasteiger partial charge in [0.2, 0.25) is 17.7 Å². The highest BCUT2D eigenvalue weighted by atomic mass is 16.2. The molecule has 2 atom stereocenters. The van der Waals surface area contributed by atoms with E-state index in [1.54, 1.807) is 0 Å². The van der Waals surface area contributed by atoms with Crippen molar-refractivity contribution in [2.45, 2.75) is 64.3 Å². The van der Waals surface area contributed by atoms with Crippen LogP contribution in [-0.2, 0) is 20.8 Å². The summed E-state index contributed by atoms with van der Waals surface area (Å²) in [4.78, 5) is 41.4. The summed E-state index contributed by atoms with van der Waals surface area (Å²) in [5, 5.41) is 3.05. The fraction of sp³-hybridized carbons (Fsp3) is 0.640. The molecule has 0 radical (unpaired) electrons. The number of nitrogens with zero attached hydrogens (tertiary/aromatic N) is 2. The quantitative estimate of drug-likeness (QED) is 0.651. The number of hydrogen-bond acceptors (Lipinski definition) is 3. The van der Waals surface area contributed by atoms with Crippen LogP contribution in [0.2, 0.25) is 0 Å². The normalized spacial score (nSPS) is 23.8. The molecule has 31 heavy (non-hydrogen) atoms. The molecule has 2 heterocycles. The summed E-state index contributed by atoms with van der Waals surface area (Å²) in [6, 6.07) is 8.68. The van der Waals surface area contributed by atoms with E-state index in [0.29, 0.717) is 26.1 Å². The topological polar surface area (TPSA) is 69.7 Å². The zero-order valence-electron chi connectivity index (χ0n) is 18.6. The smallest absolute Gasteiger partial charge is 0.226 e. The average molecular weight is 426 g/mol. The minimum atomic E-state index is -0.151. The molecule has 2 unspecified atom stereocenters. The van der Waals surface area contributed by atoms with E-state index >= 15 is 0 Å². The van der Waals surface area contributed by atoms with Gasteiger partial charge in [-0.25, -0.2) is 0 Å². The molecule has 2 saturated heterocycles. The van der Waals surface area contributed by atoms with Crippen molar-refractivity contribution in [3.8, 4) is 0 Å². The monoisotopic (exact) mass is 425 g/mol. The van der Waals surface area contributed by atoms with Crippen molar-refractivity contribution in [3.63, 3.8) is 0 Å². The fourth-order valence-corrected chi connectivity index (χ4v) is 4.88. The molecule has 2 aliphatic heterocycles. The van der Waals surface area contributed by atoms with Crippen LogP contribution in [0.25, 0.3) is 0 Å². The summed E-state index contributed by atoms with van der Waals surface area (Å²) in [7, 11) is 0. The van der Waals surface area contributed by atoms with E-state index in [1.807, 2.05) is 9.80 Å². The molecule has 3 aliphatic rings. The minimum Gasteiger partial charge on any atom is -0.356 e. The number of piperidine rings is 1. The van der Waals surface area contributed by atoms with Crippen molar-refractivity contribution in [1.29, 1.82) is 0 Å². The van der Waals surface area contributed by atoms with Crippen LogP contribution in [0.3, 0.4) is 0 Å². The lowest BCUT2D eigenvalue weighted by Crippen LogP contribution is -2.47. The highest BCUT2D eigenvalue weighted by Gasteiger charge is 2.41. The molecule has 168 valence electrons. The van der Waals surface area contributed by atoms with Gasteiger partial charge in [0.1, 0.15) is 0 Å². The van der Waals surface area contributed by atoms with Gasteiger partial charge < -0.3 is 15.1 Å². The summed E-state index contributed by atoms with van der Waals surface area (Å²) < 4.78 is 0. The van der Waals surface area contributed by atoms with Gasteiger partial charge in [0.25, 0.3) is 0 Å². The van der Waals surface area contributed by atoms with Gasteiger partial charge in [-0.05, 0) is 56.1 Å². The van der Waals surface area contributed by atoms with Gasteiger partial charge in [0, 0.05) is 38.5 Å². The van der Waals surface area contributed by atoms with Gasteiger partial charge in [0.05, 0.1) is 12.0 Å². The number of aryl methyl sites for hydroxylation is 1. The van der Waals surface area contributed by atoms with E-state index in [1.165, 1.54) is 11.1 Å². The third-order valence-electron chi connectivity index (χ3n) is 7.01. The van der Waals surface area contributed by atoms with Crippen molar-refractivity contribution in [3.05, 3.63) is 35.4 Å². The zero-order chi connectivity index (χ0) is 21.8. The number of benzene rings is 1. The Morgan fingerprint density at radius 1 is 1.06 bits per heavy atom. The molecule has 4 rings (SSSR count). The van der Waals surface area contributed by atoms with E-state index in [9.17, 15) is 14.4 Å². The van der Waals surface area contributed by atoms with Crippen molar-refractivity contribution < 1.29 is 14.4 Å². The van der Waals surface area contributed by atoms with Crippen LogP contribution < -0.4 is 5.32 Å². The van der Waals surface area contributed by atoms with Gasteiger partial charge in [-0.1, -0.05) is 31.2 Å². The van der Waals surface area contributed by atoms with Crippen LogP contribution in [-0.4, -0.2) is 53.7 Å². The Bertz CT molecular complexity index is 803. The van der Waals surface area contributed by atoms with Crippen LogP contribution in [0, 0.1) is 11.8 Å². The second-order valence-corrected chi connectivity index (χ2v) is 9.28. The van der Waals surface area contributed by atoms with Crippen LogP contribution in [0.5, 0.6) is 0 Å². The Kier molecular flexibility index (Phi) is 6.93. The van der Waals surface area contributed by atoms with Gasteiger partial charge in [-0.15, -0.1) is 0 Å². The van der Waals surface area contributed by atoms with Crippen LogP contribution >= 0.6 is 0 Å². The number of hydrogen-bond donors (Lipinski definition) is 1. The largest absolute Gasteiger partial charge is 0.356 e. The van der Waals surface area contributed by atoms with Gasteiger partial charge in [-0.2, -0.15) is 0 Å². The van der Waals surface area contributed by atoms with E-state index in [0.717, 1.165) is 51.5 Å². The van der Waals surface area contributed by atoms with Crippen LogP contribution in [0.4, 0.5) is 0 Å². The first kappa shape index (κ1) is 21.8. The van der Waals surface area contributed by atoms with E-state index in [-0.39, 0.29) is 35.6 Å². The molecule has 6 nitrogen and oxygen atoms in total. The van der Waals surface area contributed by atoms with Crippen LogP contribution in [0.15, 0.2) is 24.3 Å². The Morgan fingerprint density at radius 2 is 1.81 bits per heavy atom. The van der Waals surface area contributed by atoms with Crippen LogP contribution in [0.1, 0.15) is 69.0 Å². The molecule has 1 aliphatic carbocycles. The highest BCUT2D eigenvalue weighted by Crippen LogP contribution is 2.39. The lowest BCUT2D eigenvalue weighted by atomic mass is 9.87. The SMILES string of the molecule is CCc1ccc(C2CCC(C(=O)NCCCN3CCCC3=O)CN2C(=O)C2CC2)cc1. The molecular formula is C25H35N3O3. The molecule has 6 heteroatoms. The Hall–Kier alpha value is -2.37. The average Bonchev–Trinajstić information content (AvgIpc) is 3.58. The first-order chi connectivity index (χ1) is 15.1. The molecule has 1 N–H and O–H groups in total. The number of carbonyl (C=O) groups is 3. The van der Waals surface area contributed by atoms with Crippen molar-refractivity contribution >= 4 is 17.7 Å². The molecule has 0 spiro atoms. The first-order valence-corrected chi connectivity index (χ1v) is 12.0. The Balaban J connectivity index is 1.33. The summed E-state index contributed by atoms with van der Waals surface area (Å²) in [5.41, 5.74) is 2.48. The fourth-order valence-electron chi connectivity index (χ4n) is 4.88. The van der Waals surface area contributed by atoms with Gasteiger partial charge in [-0.3, -0.25) is 14.4 Å². The third-order valence-corrected chi connectivity index (χ3v) is 7.01. The summed E-state index contributed by atoms with van der Waals surface area (Å²) >= 11 is 0. The lowest BCUT2D eigenvalue weighted by Gasteiger charge is -2.40. The summed E-state index contributed by atoms with van der Waals surface area (Å²) in [6.45, 7) is 4.79. The molecule has 3 amide bonds. The van der Waals surface area contributed by atoms with E-state index in [2.05, 4.69) is 36.5 Å². The number of carbonyl (C=O) groups excluding carboxylic acids is 3.